The van der Waals surface area contributed by atoms with E-state index in [1.165, 1.54) is 6.92 Å². The lowest BCUT2D eigenvalue weighted by molar-refractivity contribution is -0.282. The summed E-state index contributed by atoms with van der Waals surface area (Å²) >= 11 is 0. The number of carbonyl (C=O) groups excluding carboxylic acids is 3. The molecule has 0 aromatic heterocycles. The number of terminal acetylenes is 1. The van der Waals surface area contributed by atoms with E-state index in [0.717, 1.165) is 0 Å². The normalized spacial score (nSPS) is 22.6. The van der Waals surface area contributed by atoms with E-state index in [1.807, 2.05) is 0 Å². The second kappa shape index (κ2) is 10.2. The summed E-state index contributed by atoms with van der Waals surface area (Å²) in [6.45, 7) is 11.0. The number of esters is 3. The van der Waals surface area contributed by atoms with Crippen LogP contribution in [0.4, 0.5) is 0 Å². The molecule has 0 saturated carbocycles. The van der Waals surface area contributed by atoms with Gasteiger partial charge in [0.1, 0.15) is 29.5 Å². The van der Waals surface area contributed by atoms with Gasteiger partial charge in [-0.1, -0.05) is 5.92 Å². The van der Waals surface area contributed by atoms with Crippen molar-refractivity contribution < 1.29 is 47.5 Å². The van der Waals surface area contributed by atoms with Crippen LogP contribution in [0.3, 0.4) is 0 Å². The molecule has 0 aromatic carbocycles. The van der Waals surface area contributed by atoms with Crippen LogP contribution in [0.2, 0.25) is 0 Å². The highest BCUT2D eigenvalue weighted by Crippen LogP contribution is 2.33. The van der Waals surface area contributed by atoms with Crippen LogP contribution in [0.15, 0.2) is 0 Å². The molecular weight excluding hydrogens is 448 g/mol. The molecule has 2 aliphatic rings. The molecule has 192 valence electrons. The third kappa shape index (κ3) is 6.92. The van der Waals surface area contributed by atoms with Crippen LogP contribution in [0, 0.1) is 28.6 Å². The Morgan fingerprint density at radius 3 is 1.44 bits per heavy atom. The molecule has 2 aliphatic heterocycles. The van der Waals surface area contributed by atoms with Gasteiger partial charge in [-0.15, -0.1) is 6.42 Å². The minimum Gasteiger partial charge on any atom is -0.464 e. The predicted octanol–water partition coefficient (Wildman–Crippen LogP) is 1.83. The Labute approximate surface area is 200 Å². The lowest BCUT2D eigenvalue weighted by Crippen LogP contribution is -2.51. The molecule has 2 saturated heterocycles. The summed E-state index contributed by atoms with van der Waals surface area (Å²) < 4.78 is 38.3. The Morgan fingerprint density at radius 1 is 0.765 bits per heavy atom. The van der Waals surface area contributed by atoms with Crippen LogP contribution in [0.25, 0.3) is 0 Å². The first-order valence-electron chi connectivity index (χ1n) is 11.1. The highest BCUT2D eigenvalue weighted by Gasteiger charge is 2.47. The van der Waals surface area contributed by atoms with Crippen molar-refractivity contribution in [2.24, 2.45) is 16.2 Å². The number of hydrogen-bond acceptors (Lipinski definition) is 10. The van der Waals surface area contributed by atoms with Gasteiger partial charge in [-0.3, -0.25) is 14.4 Å². The number of carbonyl (C=O) groups is 3. The average Bonchev–Trinajstić information content (AvgIpc) is 2.78. The third-order valence-electron chi connectivity index (χ3n) is 5.76. The maximum atomic E-state index is 12.8. The molecule has 10 nitrogen and oxygen atoms in total. The zero-order valence-corrected chi connectivity index (χ0v) is 21.1. The van der Waals surface area contributed by atoms with Crippen LogP contribution in [-0.2, 0) is 47.5 Å². The Bertz CT molecular complexity index is 752. The molecule has 0 aromatic rings. The minimum absolute atomic E-state index is 0.0841. The van der Waals surface area contributed by atoms with Crippen molar-refractivity contribution in [3.63, 3.8) is 0 Å². The molecule has 2 fully saturated rings. The SMILES string of the molecule is C#CCOC(=O)C(C)(COC(=O)C1(C)COC(C)(C)OC1)COC(=O)C1(C)COC(C)(C)OC1. The van der Waals surface area contributed by atoms with E-state index in [1.54, 1.807) is 41.5 Å². The van der Waals surface area contributed by atoms with Gasteiger partial charge in [-0.2, -0.15) is 0 Å². The molecule has 0 aliphatic carbocycles. The van der Waals surface area contributed by atoms with E-state index in [-0.39, 0.29) is 33.0 Å². The smallest absolute Gasteiger partial charge is 0.319 e. The Hall–Kier alpha value is -2.19. The van der Waals surface area contributed by atoms with Crippen molar-refractivity contribution in [1.29, 1.82) is 0 Å². The molecule has 2 heterocycles. The summed E-state index contributed by atoms with van der Waals surface area (Å²) in [5, 5.41) is 0. The number of hydrogen-bond donors (Lipinski definition) is 0. The van der Waals surface area contributed by atoms with Crippen LogP contribution in [0.1, 0.15) is 48.5 Å². The van der Waals surface area contributed by atoms with E-state index < -0.39 is 58.9 Å². The molecule has 0 atom stereocenters. The Morgan fingerprint density at radius 2 is 1.12 bits per heavy atom. The minimum atomic E-state index is -1.50. The maximum absolute atomic E-state index is 12.8. The van der Waals surface area contributed by atoms with Gasteiger partial charge < -0.3 is 33.2 Å². The predicted molar refractivity (Wildman–Crippen MR) is 118 cm³/mol. The zero-order chi connectivity index (χ0) is 25.8. The van der Waals surface area contributed by atoms with E-state index in [0.29, 0.717) is 0 Å². The number of ether oxygens (including phenoxy) is 7. The third-order valence-corrected chi connectivity index (χ3v) is 5.76. The first-order valence-corrected chi connectivity index (χ1v) is 11.1. The monoisotopic (exact) mass is 484 g/mol. The standard InChI is InChI=1S/C24H36O10/c1-9-10-28-17(25)22(6,11-29-18(26)23(7)13-31-20(2,3)32-14-23)12-30-19(27)24(8)15-33-21(4,5)34-16-24/h1H,10-16H2,2-8H3. The first-order chi connectivity index (χ1) is 15.6. The molecule has 0 spiro atoms. The molecule has 0 unspecified atom stereocenters. The van der Waals surface area contributed by atoms with Crippen molar-refractivity contribution in [2.75, 3.05) is 46.2 Å². The van der Waals surface area contributed by atoms with Gasteiger partial charge in [-0.25, -0.2) is 0 Å². The van der Waals surface area contributed by atoms with Crippen LogP contribution >= 0.6 is 0 Å². The highest BCUT2D eigenvalue weighted by atomic mass is 16.7. The molecule has 0 amide bonds. The molecular formula is C24H36O10. The Kier molecular flexibility index (Phi) is 8.41. The summed E-state index contributed by atoms with van der Waals surface area (Å²) in [6, 6.07) is 0. The summed E-state index contributed by atoms with van der Waals surface area (Å²) in [7, 11) is 0. The van der Waals surface area contributed by atoms with Gasteiger partial charge in [0.05, 0.1) is 26.4 Å². The summed E-state index contributed by atoms with van der Waals surface area (Å²) in [4.78, 5) is 38.3. The fourth-order valence-corrected chi connectivity index (χ4v) is 2.97. The van der Waals surface area contributed by atoms with Crippen molar-refractivity contribution in [2.45, 2.75) is 60.0 Å². The molecule has 10 heteroatoms. The maximum Gasteiger partial charge on any atom is 0.319 e. The van der Waals surface area contributed by atoms with E-state index >= 15 is 0 Å². The number of rotatable bonds is 8. The van der Waals surface area contributed by atoms with Crippen molar-refractivity contribution in [1.82, 2.24) is 0 Å². The second-order valence-electron chi connectivity index (χ2n) is 10.6. The van der Waals surface area contributed by atoms with Gasteiger partial charge in [0, 0.05) is 0 Å². The van der Waals surface area contributed by atoms with E-state index in [2.05, 4.69) is 5.92 Å². The summed E-state index contributed by atoms with van der Waals surface area (Å²) in [5.74, 6) is -1.41. The van der Waals surface area contributed by atoms with Crippen molar-refractivity contribution in [3.8, 4) is 12.3 Å². The van der Waals surface area contributed by atoms with Gasteiger partial charge in [0.2, 0.25) is 0 Å². The summed E-state index contributed by atoms with van der Waals surface area (Å²) in [6.07, 6.45) is 5.18. The molecule has 34 heavy (non-hydrogen) atoms. The fraction of sp³-hybridized carbons (Fsp3) is 0.792. The second-order valence-corrected chi connectivity index (χ2v) is 10.6. The molecule has 2 rings (SSSR count). The first kappa shape index (κ1) is 28.1. The Balaban J connectivity index is 2.04. The summed E-state index contributed by atoms with van der Waals surface area (Å²) in [5.41, 5.74) is -3.63. The van der Waals surface area contributed by atoms with Crippen LogP contribution < -0.4 is 0 Å². The topological polar surface area (TPSA) is 116 Å². The van der Waals surface area contributed by atoms with Gasteiger partial charge in [-0.05, 0) is 48.5 Å². The largest absolute Gasteiger partial charge is 0.464 e. The van der Waals surface area contributed by atoms with Crippen molar-refractivity contribution >= 4 is 17.9 Å². The zero-order valence-electron chi connectivity index (χ0n) is 21.1. The quantitative estimate of drug-likeness (QED) is 0.287. The van der Waals surface area contributed by atoms with Gasteiger partial charge >= 0.3 is 17.9 Å². The fourth-order valence-electron chi connectivity index (χ4n) is 2.97. The average molecular weight is 485 g/mol. The van der Waals surface area contributed by atoms with Gasteiger partial charge in [0.15, 0.2) is 18.2 Å². The highest BCUT2D eigenvalue weighted by molar-refractivity contribution is 5.81. The lowest BCUT2D eigenvalue weighted by Gasteiger charge is -2.40. The van der Waals surface area contributed by atoms with E-state index in [9.17, 15) is 14.4 Å². The van der Waals surface area contributed by atoms with Crippen LogP contribution in [0.5, 0.6) is 0 Å². The van der Waals surface area contributed by atoms with Crippen LogP contribution in [-0.4, -0.2) is 75.7 Å². The molecule has 0 N–H and O–H groups in total. The lowest BCUT2D eigenvalue weighted by atomic mass is 9.89. The van der Waals surface area contributed by atoms with Crippen molar-refractivity contribution in [3.05, 3.63) is 0 Å². The van der Waals surface area contributed by atoms with E-state index in [4.69, 9.17) is 39.6 Å². The molecule has 0 bridgehead atoms. The van der Waals surface area contributed by atoms with Gasteiger partial charge in [0.25, 0.3) is 0 Å². The molecule has 0 radical (unpaired) electrons.